The lowest BCUT2D eigenvalue weighted by molar-refractivity contribution is 0.475. The normalized spacial score (nSPS) is 10.1. The Morgan fingerprint density at radius 3 is 2.75 bits per heavy atom. The van der Waals surface area contributed by atoms with Gasteiger partial charge in [-0.2, -0.15) is 0 Å². The summed E-state index contributed by atoms with van der Waals surface area (Å²) in [5.41, 5.74) is 6.88. The molecule has 0 radical (unpaired) electrons. The fourth-order valence-electron chi connectivity index (χ4n) is 1.31. The van der Waals surface area contributed by atoms with Gasteiger partial charge in [0.25, 0.3) is 0 Å². The molecule has 0 unspecified atom stereocenters. The summed E-state index contributed by atoms with van der Waals surface area (Å²) in [6, 6.07) is 9.93. The van der Waals surface area contributed by atoms with E-state index in [1.54, 1.807) is 36.4 Å². The third-order valence-corrected chi connectivity index (χ3v) is 2.13. The first-order valence-corrected chi connectivity index (χ1v) is 5.00. The van der Waals surface area contributed by atoms with Gasteiger partial charge in [0, 0.05) is 23.5 Å². The van der Waals surface area contributed by atoms with Gasteiger partial charge in [0.15, 0.2) is 0 Å². The molecule has 0 bridgehead atoms. The minimum absolute atomic E-state index is 0.181. The Bertz CT molecular complexity index is 496. The first-order valence-electron chi connectivity index (χ1n) is 4.62. The Hall–Kier alpha value is -1.94. The number of anilines is 3. The van der Waals surface area contributed by atoms with Gasteiger partial charge < -0.3 is 16.2 Å². The molecular weight excluding hydrogens is 226 g/mol. The van der Waals surface area contributed by atoms with Crippen LogP contribution in [0, 0.1) is 0 Å². The quantitative estimate of drug-likeness (QED) is 0.700. The zero-order valence-corrected chi connectivity index (χ0v) is 9.07. The Kier molecular flexibility index (Phi) is 2.83. The summed E-state index contributed by atoms with van der Waals surface area (Å²) in [5, 5.41) is 12.6. The van der Waals surface area contributed by atoms with Gasteiger partial charge in [-0.1, -0.05) is 17.7 Å². The number of aromatic nitrogens is 1. The standard InChI is InChI=1S/C11H10ClN3O/c12-10-4-7(13)5-11(15-10)14-8-2-1-3-9(16)6-8/h1-6,16H,(H3,13,14,15). The van der Waals surface area contributed by atoms with Gasteiger partial charge in [-0.05, 0) is 18.2 Å². The fourth-order valence-corrected chi connectivity index (χ4v) is 1.53. The van der Waals surface area contributed by atoms with Crippen molar-refractivity contribution in [2.45, 2.75) is 0 Å². The van der Waals surface area contributed by atoms with Crippen LogP contribution in [0.4, 0.5) is 17.2 Å². The molecule has 0 aliphatic heterocycles. The minimum Gasteiger partial charge on any atom is -0.508 e. The van der Waals surface area contributed by atoms with Crippen molar-refractivity contribution in [3.8, 4) is 5.75 Å². The van der Waals surface area contributed by atoms with Crippen LogP contribution in [0.25, 0.3) is 0 Å². The molecular formula is C11H10ClN3O. The Labute approximate surface area is 97.7 Å². The molecule has 0 fully saturated rings. The summed E-state index contributed by atoms with van der Waals surface area (Å²) in [4.78, 5) is 4.05. The van der Waals surface area contributed by atoms with Gasteiger partial charge in [-0.25, -0.2) is 4.98 Å². The number of hydrogen-bond acceptors (Lipinski definition) is 4. The lowest BCUT2D eigenvalue weighted by Crippen LogP contribution is -1.95. The number of nitrogen functional groups attached to an aromatic ring is 1. The highest BCUT2D eigenvalue weighted by molar-refractivity contribution is 6.29. The summed E-state index contributed by atoms with van der Waals surface area (Å²) in [7, 11) is 0. The molecule has 4 N–H and O–H groups in total. The molecule has 0 spiro atoms. The van der Waals surface area contributed by atoms with Crippen molar-refractivity contribution in [1.82, 2.24) is 4.98 Å². The van der Waals surface area contributed by atoms with E-state index in [2.05, 4.69) is 10.3 Å². The first-order chi connectivity index (χ1) is 7.63. The average molecular weight is 236 g/mol. The summed E-state index contributed by atoms with van der Waals surface area (Å²) in [6.45, 7) is 0. The third kappa shape index (κ3) is 2.55. The third-order valence-electron chi connectivity index (χ3n) is 1.93. The van der Waals surface area contributed by atoms with Crippen LogP contribution >= 0.6 is 11.6 Å². The van der Waals surface area contributed by atoms with Crippen molar-refractivity contribution in [2.24, 2.45) is 0 Å². The SMILES string of the molecule is Nc1cc(Cl)nc(Nc2cccc(O)c2)c1. The number of nitrogens with one attached hydrogen (secondary N) is 1. The van der Waals surface area contributed by atoms with Crippen LogP contribution in [-0.4, -0.2) is 10.1 Å². The Balaban J connectivity index is 2.27. The number of halogens is 1. The van der Waals surface area contributed by atoms with E-state index in [1.165, 1.54) is 0 Å². The number of phenols is 1. The molecule has 1 aromatic heterocycles. The largest absolute Gasteiger partial charge is 0.508 e. The summed E-state index contributed by atoms with van der Waals surface area (Å²) < 4.78 is 0. The van der Waals surface area contributed by atoms with Gasteiger partial charge in [0.1, 0.15) is 16.7 Å². The van der Waals surface area contributed by atoms with Crippen LogP contribution in [-0.2, 0) is 0 Å². The lowest BCUT2D eigenvalue weighted by atomic mass is 10.3. The number of hydrogen-bond donors (Lipinski definition) is 3. The van der Waals surface area contributed by atoms with Gasteiger partial charge in [-0.15, -0.1) is 0 Å². The molecule has 1 aromatic carbocycles. The summed E-state index contributed by atoms with van der Waals surface area (Å²) in [5.74, 6) is 0.718. The van der Waals surface area contributed by atoms with Crippen molar-refractivity contribution < 1.29 is 5.11 Å². The zero-order chi connectivity index (χ0) is 11.5. The number of aromatic hydroxyl groups is 1. The molecule has 0 atom stereocenters. The summed E-state index contributed by atoms with van der Waals surface area (Å²) >= 11 is 5.77. The van der Waals surface area contributed by atoms with Crippen LogP contribution in [0.1, 0.15) is 0 Å². The van der Waals surface area contributed by atoms with E-state index in [1.807, 2.05) is 0 Å². The van der Waals surface area contributed by atoms with Crippen molar-refractivity contribution in [3.63, 3.8) is 0 Å². The van der Waals surface area contributed by atoms with Gasteiger partial charge in [0.05, 0.1) is 0 Å². The number of nitrogens with two attached hydrogens (primary N) is 1. The molecule has 16 heavy (non-hydrogen) atoms. The monoisotopic (exact) mass is 235 g/mol. The van der Waals surface area contributed by atoms with Crippen molar-refractivity contribution >= 4 is 28.8 Å². The molecule has 82 valence electrons. The van der Waals surface area contributed by atoms with E-state index in [4.69, 9.17) is 17.3 Å². The number of rotatable bonds is 2. The zero-order valence-electron chi connectivity index (χ0n) is 8.31. The Morgan fingerprint density at radius 1 is 1.25 bits per heavy atom. The number of benzene rings is 1. The predicted molar refractivity (Wildman–Crippen MR) is 65.0 cm³/mol. The highest BCUT2D eigenvalue weighted by Crippen LogP contribution is 2.22. The highest BCUT2D eigenvalue weighted by atomic mass is 35.5. The topological polar surface area (TPSA) is 71.2 Å². The smallest absolute Gasteiger partial charge is 0.134 e. The Morgan fingerprint density at radius 2 is 2.06 bits per heavy atom. The van der Waals surface area contributed by atoms with Crippen LogP contribution in [0.3, 0.4) is 0 Å². The fraction of sp³-hybridized carbons (Fsp3) is 0. The van der Waals surface area contributed by atoms with E-state index in [0.717, 1.165) is 0 Å². The van der Waals surface area contributed by atoms with E-state index in [0.29, 0.717) is 22.3 Å². The maximum atomic E-state index is 9.29. The van der Waals surface area contributed by atoms with Crippen LogP contribution in [0.2, 0.25) is 5.15 Å². The molecule has 0 aliphatic carbocycles. The van der Waals surface area contributed by atoms with Crippen molar-refractivity contribution in [1.29, 1.82) is 0 Å². The first kappa shape index (κ1) is 10.6. The van der Waals surface area contributed by atoms with Crippen LogP contribution in [0.15, 0.2) is 36.4 Å². The van der Waals surface area contributed by atoms with E-state index in [9.17, 15) is 5.11 Å². The molecule has 0 amide bonds. The van der Waals surface area contributed by atoms with Crippen molar-refractivity contribution in [3.05, 3.63) is 41.6 Å². The highest BCUT2D eigenvalue weighted by Gasteiger charge is 2.00. The van der Waals surface area contributed by atoms with Crippen LogP contribution in [0.5, 0.6) is 5.75 Å². The lowest BCUT2D eigenvalue weighted by Gasteiger charge is -2.06. The average Bonchev–Trinajstić information content (AvgIpc) is 2.15. The molecule has 0 saturated carbocycles. The number of pyridine rings is 1. The van der Waals surface area contributed by atoms with Gasteiger partial charge in [-0.3, -0.25) is 0 Å². The molecule has 0 aliphatic rings. The van der Waals surface area contributed by atoms with E-state index in [-0.39, 0.29) is 5.75 Å². The van der Waals surface area contributed by atoms with E-state index >= 15 is 0 Å². The molecule has 4 nitrogen and oxygen atoms in total. The molecule has 5 heteroatoms. The summed E-state index contributed by atoms with van der Waals surface area (Å²) in [6.07, 6.45) is 0. The van der Waals surface area contributed by atoms with E-state index < -0.39 is 0 Å². The maximum absolute atomic E-state index is 9.29. The van der Waals surface area contributed by atoms with Crippen LogP contribution < -0.4 is 11.1 Å². The maximum Gasteiger partial charge on any atom is 0.134 e. The number of phenolic OH excluding ortho intramolecular Hbond substituents is 1. The molecule has 1 heterocycles. The van der Waals surface area contributed by atoms with Gasteiger partial charge in [0.2, 0.25) is 0 Å². The molecule has 0 saturated heterocycles. The predicted octanol–water partition coefficient (Wildman–Crippen LogP) is 2.77. The second-order valence-electron chi connectivity index (χ2n) is 3.28. The second kappa shape index (κ2) is 4.28. The van der Waals surface area contributed by atoms with Crippen molar-refractivity contribution in [2.75, 3.05) is 11.1 Å². The number of nitrogens with zero attached hydrogens (tertiary/aromatic N) is 1. The second-order valence-corrected chi connectivity index (χ2v) is 3.67. The molecule has 2 aromatic rings. The molecule has 2 rings (SSSR count). The minimum atomic E-state index is 0.181. The van der Waals surface area contributed by atoms with Gasteiger partial charge >= 0.3 is 0 Å².